The van der Waals surface area contributed by atoms with E-state index in [9.17, 15) is 4.91 Å². The molecule has 1 aliphatic rings. The van der Waals surface area contributed by atoms with Crippen molar-refractivity contribution >= 4 is 27.5 Å². The topological polar surface area (TPSA) is 95.8 Å². The smallest absolute Gasteiger partial charge is 0.245 e. The van der Waals surface area contributed by atoms with Crippen LogP contribution >= 0.6 is 11.3 Å². The third-order valence-corrected chi connectivity index (χ3v) is 5.36. The molecule has 4 rings (SSSR count). The quantitative estimate of drug-likeness (QED) is 0.537. The molecule has 0 radical (unpaired) electrons. The standard InChI is InChI=1S/C16H19N6O2S/c1-24-11-4-2-10(3-5-11)22(23)21-16-20-13(8-25-16)14-12-6-7-17-15(12)19-9-18-14/h6-11H,2-5H2,1H3,(H,17,18,19)(H,20,21,23)/q+1. The predicted octanol–water partition coefficient (Wildman–Crippen LogP) is 3.14. The number of thiazole rings is 1. The van der Waals surface area contributed by atoms with Crippen LogP contribution in [0.3, 0.4) is 0 Å². The second kappa shape index (κ2) is 6.85. The summed E-state index contributed by atoms with van der Waals surface area (Å²) in [7, 11) is 1.73. The van der Waals surface area contributed by atoms with Crippen LogP contribution in [0.15, 0.2) is 24.0 Å². The van der Waals surface area contributed by atoms with Crippen molar-refractivity contribution in [2.75, 3.05) is 12.5 Å². The molecule has 0 aliphatic heterocycles. The number of anilines is 1. The number of nitroso groups, excluding NO2 is 1. The van der Waals surface area contributed by atoms with Gasteiger partial charge in [0.05, 0.1) is 11.0 Å². The zero-order valence-electron chi connectivity index (χ0n) is 13.8. The molecule has 130 valence electrons. The maximum absolute atomic E-state index is 12.4. The highest BCUT2D eigenvalue weighted by Gasteiger charge is 2.32. The summed E-state index contributed by atoms with van der Waals surface area (Å²) >= 11 is 1.39. The normalized spacial score (nSPS) is 20.7. The Morgan fingerprint density at radius 2 is 2.16 bits per heavy atom. The van der Waals surface area contributed by atoms with Gasteiger partial charge in [0.1, 0.15) is 28.2 Å². The van der Waals surface area contributed by atoms with E-state index in [4.69, 9.17) is 4.74 Å². The minimum absolute atomic E-state index is 0.0471. The SMILES string of the molecule is COC1CCC([N+](=O)Nc2nc(-c3ncnc4[nH]ccc34)cs2)CC1. The van der Waals surface area contributed by atoms with Crippen molar-refractivity contribution in [3.8, 4) is 11.4 Å². The van der Waals surface area contributed by atoms with Crippen LogP contribution in [0.4, 0.5) is 5.13 Å². The van der Waals surface area contributed by atoms with Gasteiger partial charge in [0.15, 0.2) is 0 Å². The number of fused-ring (bicyclic) bond motifs is 1. The molecule has 3 heterocycles. The van der Waals surface area contributed by atoms with E-state index in [-0.39, 0.29) is 12.1 Å². The molecule has 1 fully saturated rings. The number of hydrogen-bond acceptors (Lipinski definition) is 6. The molecular weight excluding hydrogens is 340 g/mol. The first kappa shape index (κ1) is 16.1. The fraction of sp³-hybridized carbons (Fsp3) is 0.438. The maximum Gasteiger partial charge on any atom is 0.245 e. The summed E-state index contributed by atoms with van der Waals surface area (Å²) < 4.78 is 5.35. The van der Waals surface area contributed by atoms with E-state index >= 15 is 0 Å². The first-order valence-electron chi connectivity index (χ1n) is 8.24. The summed E-state index contributed by atoms with van der Waals surface area (Å²) in [6.07, 6.45) is 7.08. The number of methoxy groups -OCH3 is 1. The molecule has 0 bridgehead atoms. The van der Waals surface area contributed by atoms with Crippen molar-refractivity contribution in [1.29, 1.82) is 0 Å². The van der Waals surface area contributed by atoms with E-state index in [0.717, 1.165) is 53.0 Å². The Balaban J connectivity index is 1.47. The van der Waals surface area contributed by atoms with Crippen LogP contribution in [0.5, 0.6) is 0 Å². The van der Waals surface area contributed by atoms with Gasteiger partial charge in [-0.1, -0.05) is 16.8 Å². The fourth-order valence-electron chi connectivity index (χ4n) is 3.21. The van der Waals surface area contributed by atoms with Crippen molar-refractivity contribution in [2.24, 2.45) is 0 Å². The maximum atomic E-state index is 12.4. The number of aromatic amines is 1. The third kappa shape index (κ3) is 3.24. The average Bonchev–Trinajstić information content (AvgIpc) is 3.30. The Labute approximate surface area is 148 Å². The first-order valence-corrected chi connectivity index (χ1v) is 9.12. The molecule has 1 saturated carbocycles. The largest absolute Gasteiger partial charge is 0.381 e. The van der Waals surface area contributed by atoms with Gasteiger partial charge in [-0.25, -0.2) is 15.0 Å². The summed E-state index contributed by atoms with van der Waals surface area (Å²) in [4.78, 5) is 29.4. The lowest BCUT2D eigenvalue weighted by atomic mass is 9.93. The number of H-pyrrole nitrogens is 1. The number of nitrogens with zero attached hydrogens (tertiary/aromatic N) is 4. The highest BCUT2D eigenvalue weighted by molar-refractivity contribution is 7.14. The average molecular weight is 359 g/mol. The van der Waals surface area contributed by atoms with E-state index in [1.165, 1.54) is 17.7 Å². The molecule has 3 aromatic rings. The van der Waals surface area contributed by atoms with Gasteiger partial charge in [-0.3, -0.25) is 0 Å². The van der Waals surface area contributed by atoms with Crippen molar-refractivity contribution in [3.05, 3.63) is 28.9 Å². The van der Waals surface area contributed by atoms with Gasteiger partial charge in [-0.15, -0.1) is 0 Å². The molecule has 9 heteroatoms. The third-order valence-electron chi connectivity index (χ3n) is 4.62. The molecule has 25 heavy (non-hydrogen) atoms. The fourth-order valence-corrected chi connectivity index (χ4v) is 3.89. The van der Waals surface area contributed by atoms with Crippen molar-refractivity contribution < 1.29 is 9.61 Å². The summed E-state index contributed by atoms with van der Waals surface area (Å²) in [5, 5.41) is 3.38. The number of ether oxygens (including phenoxy) is 1. The van der Waals surface area contributed by atoms with Gasteiger partial charge >= 0.3 is 0 Å². The highest BCUT2D eigenvalue weighted by atomic mass is 32.1. The highest BCUT2D eigenvalue weighted by Crippen LogP contribution is 2.29. The minimum atomic E-state index is -0.0471. The van der Waals surface area contributed by atoms with Gasteiger partial charge < -0.3 is 9.72 Å². The van der Waals surface area contributed by atoms with E-state index in [0.29, 0.717) is 5.13 Å². The molecule has 0 unspecified atom stereocenters. The van der Waals surface area contributed by atoms with Crippen molar-refractivity contribution in [2.45, 2.75) is 37.8 Å². The Bertz CT molecular complexity index is 884. The lowest BCUT2D eigenvalue weighted by molar-refractivity contribution is -0.562. The van der Waals surface area contributed by atoms with Crippen LogP contribution < -0.4 is 5.43 Å². The number of rotatable bonds is 5. The molecule has 0 amide bonds. The molecule has 0 spiro atoms. The van der Waals surface area contributed by atoms with Gasteiger partial charge in [0.2, 0.25) is 11.2 Å². The van der Waals surface area contributed by atoms with E-state index in [1.807, 2.05) is 17.6 Å². The monoisotopic (exact) mass is 359 g/mol. The van der Waals surface area contributed by atoms with Gasteiger partial charge in [-0.2, -0.15) is 0 Å². The summed E-state index contributed by atoms with van der Waals surface area (Å²) in [5.74, 6) is 0. The molecule has 0 saturated heterocycles. The number of hydrazine groups is 1. The van der Waals surface area contributed by atoms with Crippen LogP contribution in [-0.4, -0.2) is 44.1 Å². The van der Waals surface area contributed by atoms with Gasteiger partial charge in [0.25, 0.3) is 0 Å². The second-order valence-corrected chi connectivity index (χ2v) is 6.96. The zero-order chi connectivity index (χ0) is 17.2. The molecule has 2 N–H and O–H groups in total. The summed E-state index contributed by atoms with van der Waals surface area (Å²) in [6, 6.07) is 1.87. The Morgan fingerprint density at radius 3 is 2.96 bits per heavy atom. The van der Waals surface area contributed by atoms with Crippen LogP contribution in [-0.2, 0) is 4.74 Å². The van der Waals surface area contributed by atoms with Crippen molar-refractivity contribution in [3.63, 3.8) is 0 Å². The molecule has 8 nitrogen and oxygen atoms in total. The second-order valence-electron chi connectivity index (χ2n) is 6.10. The lowest BCUT2D eigenvalue weighted by Gasteiger charge is -2.21. The zero-order valence-corrected chi connectivity index (χ0v) is 14.6. The van der Waals surface area contributed by atoms with Gasteiger partial charge in [0, 0.05) is 36.9 Å². The lowest BCUT2D eigenvalue weighted by Crippen LogP contribution is -2.34. The Kier molecular flexibility index (Phi) is 4.41. The first-order chi connectivity index (χ1) is 12.2. The van der Waals surface area contributed by atoms with Crippen molar-refractivity contribution in [1.82, 2.24) is 19.9 Å². The van der Waals surface area contributed by atoms with Crippen LogP contribution in [0.1, 0.15) is 25.7 Å². The summed E-state index contributed by atoms with van der Waals surface area (Å²) in [6.45, 7) is 0. The van der Waals surface area contributed by atoms with E-state index in [1.54, 1.807) is 7.11 Å². The minimum Gasteiger partial charge on any atom is -0.381 e. The molecule has 1 aliphatic carbocycles. The predicted molar refractivity (Wildman–Crippen MR) is 95.3 cm³/mol. The van der Waals surface area contributed by atoms with Crippen LogP contribution in [0.25, 0.3) is 22.4 Å². The summed E-state index contributed by atoms with van der Waals surface area (Å²) in [5.41, 5.74) is 5.13. The Hall–Kier alpha value is -2.39. The van der Waals surface area contributed by atoms with Crippen LogP contribution in [0.2, 0.25) is 0 Å². The van der Waals surface area contributed by atoms with Gasteiger partial charge in [-0.05, 0) is 18.9 Å². The number of nitrogens with one attached hydrogen (secondary N) is 2. The molecular formula is C16H19N6O2S+. The van der Waals surface area contributed by atoms with Crippen LogP contribution in [0, 0.1) is 4.91 Å². The molecule has 0 aromatic carbocycles. The van der Waals surface area contributed by atoms with E-state index < -0.39 is 0 Å². The number of hydrogen-bond donors (Lipinski definition) is 2. The van der Waals surface area contributed by atoms with E-state index in [2.05, 4.69) is 25.4 Å². The molecule has 3 aromatic heterocycles. The Morgan fingerprint density at radius 1 is 1.32 bits per heavy atom. The number of aromatic nitrogens is 4. The molecule has 0 atom stereocenters.